The second-order valence-corrected chi connectivity index (χ2v) is 6.96. The lowest BCUT2D eigenvalue weighted by molar-refractivity contribution is 0.219. The lowest BCUT2D eigenvalue weighted by Gasteiger charge is -2.19. The quantitative estimate of drug-likeness (QED) is 0.787. The summed E-state index contributed by atoms with van der Waals surface area (Å²) >= 11 is 0. The summed E-state index contributed by atoms with van der Waals surface area (Å²) < 4.78 is 19.2. The largest absolute Gasteiger partial charge is 0.457 e. The number of halogens is 1. The Hall–Kier alpha value is -2.87. The van der Waals surface area contributed by atoms with Crippen molar-refractivity contribution in [1.82, 2.24) is 14.8 Å². The van der Waals surface area contributed by atoms with Crippen LogP contribution in [0.15, 0.2) is 36.5 Å². The standard InChI is InChI=1S/C19H24FN5O2/c1-24(2)11-13-6-8-25(12-13)19(26)23-18-10-15(5-7-22-18)27-14-3-4-17(21)16(20)9-14/h3-5,7,9-10,13H,6,8,11-12,21H2,1-2H3,(H,22,23,26)/t13-/m0/s1. The predicted molar refractivity (Wildman–Crippen MR) is 102 cm³/mol. The van der Waals surface area contributed by atoms with Crippen LogP contribution >= 0.6 is 0 Å². The molecular weight excluding hydrogens is 349 g/mol. The number of likely N-dealkylation sites (tertiary alicyclic amines) is 1. The van der Waals surface area contributed by atoms with Crippen molar-refractivity contribution in [1.29, 1.82) is 0 Å². The monoisotopic (exact) mass is 373 g/mol. The van der Waals surface area contributed by atoms with Gasteiger partial charge in [-0.05, 0) is 44.6 Å². The van der Waals surface area contributed by atoms with Crippen molar-refractivity contribution >= 4 is 17.5 Å². The van der Waals surface area contributed by atoms with Crippen LogP contribution in [0.1, 0.15) is 6.42 Å². The van der Waals surface area contributed by atoms with E-state index in [9.17, 15) is 9.18 Å². The van der Waals surface area contributed by atoms with Crippen molar-refractivity contribution in [2.45, 2.75) is 6.42 Å². The first kappa shape index (κ1) is 18.9. The van der Waals surface area contributed by atoms with Crippen LogP contribution in [0.4, 0.5) is 20.7 Å². The maximum atomic E-state index is 13.5. The number of ether oxygens (including phenoxy) is 1. The summed E-state index contributed by atoms with van der Waals surface area (Å²) in [4.78, 5) is 20.5. The molecule has 2 aromatic rings. The molecule has 1 aromatic heterocycles. The van der Waals surface area contributed by atoms with Gasteiger partial charge >= 0.3 is 6.03 Å². The Labute approximate surface area is 157 Å². The number of urea groups is 1. The van der Waals surface area contributed by atoms with Crippen LogP contribution in [0.2, 0.25) is 0 Å². The summed E-state index contributed by atoms with van der Waals surface area (Å²) in [5, 5.41) is 2.79. The molecule has 7 nitrogen and oxygen atoms in total. The number of nitrogens with zero attached hydrogens (tertiary/aromatic N) is 3. The van der Waals surface area contributed by atoms with E-state index in [2.05, 4.69) is 15.2 Å². The van der Waals surface area contributed by atoms with E-state index in [4.69, 9.17) is 10.5 Å². The molecule has 27 heavy (non-hydrogen) atoms. The molecule has 2 heterocycles. The van der Waals surface area contributed by atoms with Gasteiger partial charge in [-0.2, -0.15) is 0 Å². The summed E-state index contributed by atoms with van der Waals surface area (Å²) in [6, 6.07) is 7.27. The van der Waals surface area contributed by atoms with Crippen molar-refractivity contribution in [3.05, 3.63) is 42.3 Å². The van der Waals surface area contributed by atoms with E-state index in [1.165, 1.54) is 18.3 Å². The van der Waals surface area contributed by atoms with Crippen LogP contribution in [0.5, 0.6) is 11.5 Å². The zero-order valence-corrected chi connectivity index (χ0v) is 15.5. The van der Waals surface area contributed by atoms with Gasteiger partial charge in [0.2, 0.25) is 0 Å². The Bertz CT molecular complexity index is 814. The van der Waals surface area contributed by atoms with Gasteiger partial charge in [0.05, 0.1) is 5.69 Å². The molecule has 0 radical (unpaired) electrons. The number of amides is 2. The topological polar surface area (TPSA) is 83.7 Å². The molecule has 1 aliphatic rings. The number of rotatable bonds is 5. The van der Waals surface area contributed by atoms with Crippen molar-refractivity contribution < 1.29 is 13.9 Å². The van der Waals surface area contributed by atoms with Crippen LogP contribution in [-0.4, -0.2) is 54.5 Å². The molecule has 144 valence electrons. The van der Waals surface area contributed by atoms with Crippen LogP contribution in [0, 0.1) is 11.7 Å². The first-order chi connectivity index (χ1) is 12.9. The third-order valence-electron chi connectivity index (χ3n) is 4.37. The molecule has 1 aliphatic heterocycles. The SMILES string of the molecule is CN(C)C[C@@H]1CCN(C(=O)Nc2cc(Oc3ccc(N)c(F)c3)ccn2)C1. The molecule has 3 N–H and O–H groups in total. The number of carbonyl (C=O) groups is 1. The second kappa shape index (κ2) is 8.22. The van der Waals surface area contributed by atoms with Gasteiger partial charge in [0.25, 0.3) is 0 Å². The van der Waals surface area contributed by atoms with Gasteiger partial charge in [-0.1, -0.05) is 0 Å². The Balaban J connectivity index is 1.60. The minimum atomic E-state index is -0.545. The van der Waals surface area contributed by atoms with E-state index in [1.807, 2.05) is 14.1 Å². The van der Waals surface area contributed by atoms with Crippen molar-refractivity contribution in [3.8, 4) is 11.5 Å². The smallest absolute Gasteiger partial charge is 0.323 e. The van der Waals surface area contributed by atoms with Crippen molar-refractivity contribution in [2.24, 2.45) is 5.92 Å². The molecule has 1 saturated heterocycles. The third kappa shape index (κ3) is 5.07. The molecule has 2 amide bonds. The van der Waals surface area contributed by atoms with E-state index in [-0.39, 0.29) is 11.7 Å². The number of pyridine rings is 1. The second-order valence-electron chi connectivity index (χ2n) is 6.96. The molecule has 0 unspecified atom stereocenters. The fraction of sp³-hybridized carbons (Fsp3) is 0.368. The summed E-state index contributed by atoms with van der Waals surface area (Å²) in [5.74, 6) is 1.07. The summed E-state index contributed by atoms with van der Waals surface area (Å²) in [5.41, 5.74) is 5.52. The highest BCUT2D eigenvalue weighted by Crippen LogP contribution is 2.26. The summed E-state index contributed by atoms with van der Waals surface area (Å²) in [6.45, 7) is 2.42. The maximum absolute atomic E-state index is 13.5. The molecule has 1 atom stereocenters. The van der Waals surface area contributed by atoms with Crippen LogP contribution in [0.25, 0.3) is 0 Å². The maximum Gasteiger partial charge on any atom is 0.323 e. The average Bonchev–Trinajstić information content (AvgIpc) is 3.06. The number of nitrogens with one attached hydrogen (secondary N) is 1. The van der Waals surface area contributed by atoms with Gasteiger partial charge in [0, 0.05) is 38.0 Å². The molecule has 1 fully saturated rings. The number of nitrogens with two attached hydrogens (primary N) is 1. The van der Waals surface area contributed by atoms with Gasteiger partial charge in [-0.15, -0.1) is 0 Å². The van der Waals surface area contributed by atoms with Gasteiger partial charge in [0.15, 0.2) is 0 Å². The lowest BCUT2D eigenvalue weighted by Crippen LogP contribution is -2.34. The number of anilines is 2. The number of benzene rings is 1. The molecule has 8 heteroatoms. The fourth-order valence-corrected chi connectivity index (χ4v) is 3.12. The molecule has 3 rings (SSSR count). The highest BCUT2D eigenvalue weighted by molar-refractivity contribution is 5.88. The van der Waals surface area contributed by atoms with Crippen molar-refractivity contribution in [3.63, 3.8) is 0 Å². The molecule has 1 aromatic carbocycles. The summed E-state index contributed by atoms with van der Waals surface area (Å²) in [6.07, 6.45) is 2.52. The lowest BCUT2D eigenvalue weighted by atomic mass is 10.1. The first-order valence-corrected chi connectivity index (χ1v) is 8.80. The number of carbonyl (C=O) groups excluding carboxylic acids is 1. The minimum Gasteiger partial charge on any atom is -0.457 e. The number of hydrogen-bond acceptors (Lipinski definition) is 5. The predicted octanol–water partition coefficient (Wildman–Crippen LogP) is 3.01. The van der Waals surface area contributed by atoms with E-state index in [1.54, 1.807) is 23.1 Å². The van der Waals surface area contributed by atoms with E-state index in [0.29, 0.717) is 23.2 Å². The normalized spacial score (nSPS) is 16.6. The molecule has 0 aliphatic carbocycles. The first-order valence-electron chi connectivity index (χ1n) is 8.80. The van der Waals surface area contributed by atoms with Crippen LogP contribution < -0.4 is 15.8 Å². The Morgan fingerprint density at radius 2 is 2.15 bits per heavy atom. The molecule has 0 bridgehead atoms. The fourth-order valence-electron chi connectivity index (χ4n) is 3.12. The number of aromatic nitrogens is 1. The van der Waals surface area contributed by atoms with Gasteiger partial charge in [-0.3, -0.25) is 5.32 Å². The van der Waals surface area contributed by atoms with Gasteiger partial charge in [-0.25, -0.2) is 14.2 Å². The Morgan fingerprint density at radius 3 is 2.89 bits per heavy atom. The van der Waals surface area contributed by atoms with Crippen LogP contribution in [0.3, 0.4) is 0 Å². The summed E-state index contributed by atoms with van der Waals surface area (Å²) in [7, 11) is 4.07. The highest BCUT2D eigenvalue weighted by Gasteiger charge is 2.26. The molecular formula is C19H24FN5O2. The van der Waals surface area contributed by atoms with Gasteiger partial charge in [0.1, 0.15) is 23.1 Å². The minimum absolute atomic E-state index is 0.0585. The molecule has 0 spiro atoms. The van der Waals surface area contributed by atoms with E-state index in [0.717, 1.165) is 26.1 Å². The van der Waals surface area contributed by atoms with Crippen molar-refractivity contribution in [2.75, 3.05) is 44.8 Å². The zero-order valence-electron chi connectivity index (χ0n) is 15.5. The Kier molecular flexibility index (Phi) is 5.75. The van der Waals surface area contributed by atoms with E-state index < -0.39 is 5.82 Å². The molecule has 0 saturated carbocycles. The highest BCUT2D eigenvalue weighted by atomic mass is 19.1. The zero-order chi connectivity index (χ0) is 19.4. The van der Waals surface area contributed by atoms with E-state index >= 15 is 0 Å². The van der Waals surface area contributed by atoms with Gasteiger partial charge < -0.3 is 20.3 Å². The third-order valence-corrected chi connectivity index (χ3v) is 4.37. The number of nitrogen functional groups attached to an aromatic ring is 1. The average molecular weight is 373 g/mol. The van der Waals surface area contributed by atoms with Crippen LogP contribution in [-0.2, 0) is 0 Å². The number of hydrogen-bond donors (Lipinski definition) is 2. The Morgan fingerprint density at radius 1 is 1.37 bits per heavy atom.